The van der Waals surface area contributed by atoms with E-state index in [1.165, 1.54) is 5.56 Å². The molecule has 0 saturated heterocycles. The molecule has 0 radical (unpaired) electrons. The predicted octanol–water partition coefficient (Wildman–Crippen LogP) is 4.53. The molecule has 0 spiro atoms. The van der Waals surface area contributed by atoms with Gasteiger partial charge in [-0.3, -0.25) is 0 Å². The van der Waals surface area contributed by atoms with Gasteiger partial charge in [-0.2, -0.15) is 0 Å². The third kappa shape index (κ3) is 3.28. The van der Waals surface area contributed by atoms with Gasteiger partial charge < -0.3 is 9.47 Å². The maximum absolute atomic E-state index is 6.60. The molecule has 1 aliphatic rings. The zero-order chi connectivity index (χ0) is 14.0. The predicted molar refractivity (Wildman–Crippen MR) is 83.9 cm³/mol. The first kappa shape index (κ1) is 13.8. The number of fused-ring (bicyclic) bond motifs is 1. The third-order valence-electron chi connectivity index (χ3n) is 3.21. The van der Waals surface area contributed by atoms with Gasteiger partial charge in [0.2, 0.25) is 6.79 Å². The molecule has 0 saturated carbocycles. The van der Waals surface area contributed by atoms with Crippen LogP contribution in [0.4, 0.5) is 0 Å². The Labute approximate surface area is 131 Å². The fourth-order valence-electron chi connectivity index (χ4n) is 2.31. The van der Waals surface area contributed by atoms with Gasteiger partial charge in [-0.25, -0.2) is 0 Å². The molecule has 0 N–H and O–H groups in total. The van der Waals surface area contributed by atoms with Gasteiger partial charge >= 0.3 is 0 Å². The molecule has 1 aliphatic heterocycles. The molecular weight excluding hydrogens is 340 g/mol. The van der Waals surface area contributed by atoms with E-state index in [-0.39, 0.29) is 0 Å². The summed E-state index contributed by atoms with van der Waals surface area (Å²) in [6, 6.07) is 16.2. The fraction of sp³-hybridized carbons (Fsp3) is 0.250. The highest BCUT2D eigenvalue weighted by Gasteiger charge is 2.25. The summed E-state index contributed by atoms with van der Waals surface area (Å²) in [7, 11) is 0. The maximum Gasteiger partial charge on any atom is 0.231 e. The van der Waals surface area contributed by atoms with Crippen molar-refractivity contribution >= 4 is 27.5 Å². The molecule has 0 aromatic heterocycles. The van der Waals surface area contributed by atoms with Gasteiger partial charge in [-0.05, 0) is 23.3 Å². The fourth-order valence-corrected chi connectivity index (χ4v) is 3.26. The summed E-state index contributed by atoms with van der Waals surface area (Å²) in [5, 5.41) is 0. The van der Waals surface area contributed by atoms with Gasteiger partial charge in [-0.15, -0.1) is 11.6 Å². The molecule has 2 aromatic rings. The summed E-state index contributed by atoms with van der Waals surface area (Å²) in [6.45, 7) is 0.295. The number of benzene rings is 2. The van der Waals surface area contributed by atoms with Crippen LogP contribution in [-0.2, 0) is 12.8 Å². The molecule has 3 rings (SSSR count). The van der Waals surface area contributed by atoms with Crippen LogP contribution in [0.25, 0.3) is 0 Å². The minimum atomic E-state index is -0.498. The largest absolute Gasteiger partial charge is 0.454 e. The van der Waals surface area contributed by atoms with Crippen LogP contribution >= 0.6 is 27.5 Å². The number of rotatable bonds is 4. The van der Waals surface area contributed by atoms with Gasteiger partial charge in [0.15, 0.2) is 11.5 Å². The normalized spacial score (nSPS) is 15.9. The molecule has 1 unspecified atom stereocenters. The van der Waals surface area contributed by atoms with E-state index in [2.05, 4.69) is 28.1 Å². The second kappa shape index (κ2) is 5.66. The van der Waals surface area contributed by atoms with Crippen molar-refractivity contribution in [2.75, 3.05) is 6.79 Å². The molecule has 1 atom stereocenters. The van der Waals surface area contributed by atoms with Crippen molar-refractivity contribution in [3.05, 3.63) is 59.7 Å². The van der Waals surface area contributed by atoms with Crippen LogP contribution in [0.5, 0.6) is 11.5 Å². The lowest BCUT2D eigenvalue weighted by atomic mass is 10.0. The second-order valence-electron chi connectivity index (χ2n) is 4.88. The number of ether oxygens (including phenoxy) is 2. The van der Waals surface area contributed by atoms with Gasteiger partial charge in [0.25, 0.3) is 0 Å². The van der Waals surface area contributed by atoms with E-state index >= 15 is 0 Å². The van der Waals surface area contributed by atoms with E-state index in [0.29, 0.717) is 13.2 Å². The van der Waals surface area contributed by atoms with E-state index in [0.717, 1.165) is 23.5 Å². The van der Waals surface area contributed by atoms with E-state index < -0.39 is 3.78 Å². The van der Waals surface area contributed by atoms with Crippen LogP contribution in [0, 0.1) is 0 Å². The highest BCUT2D eigenvalue weighted by molar-refractivity contribution is 9.10. The summed E-state index contributed by atoms with van der Waals surface area (Å²) in [4.78, 5) is 0. The topological polar surface area (TPSA) is 18.5 Å². The lowest BCUT2D eigenvalue weighted by molar-refractivity contribution is 0.174. The Morgan fingerprint density at radius 1 is 0.950 bits per heavy atom. The monoisotopic (exact) mass is 352 g/mol. The second-order valence-corrected chi connectivity index (χ2v) is 7.58. The molecule has 2 aromatic carbocycles. The average Bonchev–Trinajstić information content (AvgIpc) is 2.86. The zero-order valence-corrected chi connectivity index (χ0v) is 13.2. The van der Waals surface area contributed by atoms with Crippen LogP contribution in [0.3, 0.4) is 0 Å². The van der Waals surface area contributed by atoms with E-state index in [1.807, 2.05) is 36.4 Å². The standard InChI is InChI=1S/C16H14BrClO2/c17-16(18,9-12-4-2-1-3-5-12)10-13-6-7-14-15(8-13)20-11-19-14/h1-8H,9-11H2. The summed E-state index contributed by atoms with van der Waals surface area (Å²) in [5.41, 5.74) is 2.33. The molecule has 2 nitrogen and oxygen atoms in total. The summed E-state index contributed by atoms with van der Waals surface area (Å²) < 4.78 is 10.2. The van der Waals surface area contributed by atoms with Crippen LogP contribution in [-0.4, -0.2) is 10.6 Å². The number of hydrogen-bond acceptors (Lipinski definition) is 2. The number of alkyl halides is 2. The Morgan fingerprint density at radius 3 is 2.45 bits per heavy atom. The Hall–Kier alpha value is -1.19. The van der Waals surface area contributed by atoms with E-state index in [1.54, 1.807) is 0 Å². The van der Waals surface area contributed by atoms with Crippen molar-refractivity contribution in [1.29, 1.82) is 0 Å². The van der Waals surface area contributed by atoms with Crippen molar-refractivity contribution in [1.82, 2.24) is 0 Å². The molecule has 4 heteroatoms. The summed E-state index contributed by atoms with van der Waals surface area (Å²) in [6.07, 6.45) is 1.46. The minimum absolute atomic E-state index is 0.295. The first-order valence-electron chi connectivity index (χ1n) is 6.43. The van der Waals surface area contributed by atoms with Crippen LogP contribution in [0.15, 0.2) is 48.5 Å². The van der Waals surface area contributed by atoms with Crippen LogP contribution < -0.4 is 9.47 Å². The third-order valence-corrected chi connectivity index (χ3v) is 4.03. The van der Waals surface area contributed by atoms with Crippen LogP contribution in [0.1, 0.15) is 11.1 Å². The molecular formula is C16H14BrClO2. The zero-order valence-electron chi connectivity index (χ0n) is 10.8. The molecule has 104 valence electrons. The van der Waals surface area contributed by atoms with Crippen molar-refractivity contribution < 1.29 is 9.47 Å². The Morgan fingerprint density at radius 2 is 1.65 bits per heavy atom. The number of halogens is 2. The molecule has 0 amide bonds. The smallest absolute Gasteiger partial charge is 0.231 e. The Kier molecular flexibility index (Phi) is 3.90. The van der Waals surface area contributed by atoms with Gasteiger partial charge in [-0.1, -0.05) is 52.3 Å². The molecule has 0 bridgehead atoms. The maximum atomic E-state index is 6.60. The molecule has 1 heterocycles. The SMILES string of the molecule is ClC(Br)(Cc1ccccc1)Cc1ccc2c(c1)OCO2. The van der Waals surface area contributed by atoms with Gasteiger partial charge in [0, 0.05) is 12.8 Å². The molecule has 0 aliphatic carbocycles. The first-order chi connectivity index (χ1) is 9.62. The van der Waals surface area contributed by atoms with Crippen molar-refractivity contribution in [3.8, 4) is 11.5 Å². The van der Waals surface area contributed by atoms with Crippen molar-refractivity contribution in [2.45, 2.75) is 16.6 Å². The van der Waals surface area contributed by atoms with Gasteiger partial charge in [0.05, 0.1) is 0 Å². The lowest BCUT2D eigenvalue weighted by Crippen LogP contribution is -2.19. The van der Waals surface area contributed by atoms with Gasteiger partial charge in [0.1, 0.15) is 3.78 Å². The molecule has 0 fully saturated rings. The minimum Gasteiger partial charge on any atom is -0.454 e. The Balaban J connectivity index is 1.73. The lowest BCUT2D eigenvalue weighted by Gasteiger charge is -2.20. The summed E-state index contributed by atoms with van der Waals surface area (Å²) >= 11 is 10.2. The number of hydrogen-bond donors (Lipinski definition) is 0. The van der Waals surface area contributed by atoms with Crippen LogP contribution in [0.2, 0.25) is 0 Å². The highest BCUT2D eigenvalue weighted by Crippen LogP contribution is 2.37. The first-order valence-corrected chi connectivity index (χ1v) is 7.60. The highest BCUT2D eigenvalue weighted by atomic mass is 79.9. The van der Waals surface area contributed by atoms with Crippen molar-refractivity contribution in [2.24, 2.45) is 0 Å². The average molecular weight is 354 g/mol. The quantitative estimate of drug-likeness (QED) is 0.752. The van der Waals surface area contributed by atoms with E-state index in [4.69, 9.17) is 21.1 Å². The Bertz CT molecular complexity index is 599. The summed E-state index contributed by atoms with van der Waals surface area (Å²) in [5.74, 6) is 1.59. The molecule has 20 heavy (non-hydrogen) atoms. The van der Waals surface area contributed by atoms with E-state index in [9.17, 15) is 0 Å². The van der Waals surface area contributed by atoms with Crippen molar-refractivity contribution in [3.63, 3.8) is 0 Å².